The Morgan fingerprint density at radius 2 is 2.13 bits per heavy atom. The van der Waals surface area contributed by atoms with Crippen LogP contribution in [0.5, 0.6) is 0 Å². The maximum absolute atomic E-state index is 11.0. The highest BCUT2D eigenvalue weighted by Crippen LogP contribution is 2.24. The zero-order chi connectivity index (χ0) is 11.6. The summed E-state index contributed by atoms with van der Waals surface area (Å²) in [6.45, 7) is 1.74. The molecule has 1 aromatic rings. The van der Waals surface area contributed by atoms with Gasteiger partial charge in [0.05, 0.1) is 5.92 Å². The van der Waals surface area contributed by atoms with Crippen molar-refractivity contribution in [2.24, 2.45) is 10.9 Å². The summed E-state index contributed by atoms with van der Waals surface area (Å²) in [7, 11) is -3.86. The number of hydrogen-bond donors (Lipinski definition) is 2. The summed E-state index contributed by atoms with van der Waals surface area (Å²) in [5, 5.41) is 12.1. The van der Waals surface area contributed by atoms with E-state index in [1.165, 1.54) is 0 Å². The fourth-order valence-electron chi connectivity index (χ4n) is 0.974. The van der Waals surface area contributed by atoms with E-state index in [9.17, 15) is 13.2 Å². The Morgan fingerprint density at radius 1 is 1.53 bits per heavy atom. The minimum absolute atomic E-state index is 0.272. The van der Waals surface area contributed by atoms with Gasteiger partial charge in [-0.15, -0.1) is 10.2 Å². The Balaban J connectivity index is 3.08. The largest absolute Gasteiger partial charge is 0.369 e. The monoisotopic (exact) mass is 250 g/mol. The minimum atomic E-state index is -3.86. The number of hydrogen-bond acceptors (Lipinski definition) is 6. The molecule has 0 bridgehead atoms. The molecule has 0 saturated heterocycles. The van der Waals surface area contributed by atoms with Crippen LogP contribution in [0, 0.1) is 0 Å². The number of primary amides is 1. The molecule has 9 heteroatoms. The molecule has 1 rings (SSSR count). The van der Waals surface area contributed by atoms with E-state index in [1.807, 2.05) is 0 Å². The molecule has 0 aliphatic carbocycles. The van der Waals surface area contributed by atoms with Crippen LogP contribution in [0.15, 0.2) is 4.34 Å². The maximum atomic E-state index is 11.0. The molecular formula is C6H10N4O3S2. The second-order valence-electron chi connectivity index (χ2n) is 2.81. The van der Waals surface area contributed by atoms with Crippen molar-refractivity contribution in [2.75, 3.05) is 0 Å². The average Bonchev–Trinajstić information content (AvgIpc) is 2.52. The quantitative estimate of drug-likeness (QED) is 0.720. The Labute approximate surface area is 90.5 Å². The third-order valence-electron chi connectivity index (χ3n) is 1.72. The van der Waals surface area contributed by atoms with Crippen molar-refractivity contribution >= 4 is 27.3 Å². The van der Waals surface area contributed by atoms with Crippen LogP contribution in [0.25, 0.3) is 0 Å². The van der Waals surface area contributed by atoms with E-state index < -0.39 is 21.8 Å². The molecule has 1 aromatic heterocycles. The zero-order valence-electron chi connectivity index (χ0n) is 7.87. The first-order chi connectivity index (χ1) is 6.86. The predicted molar refractivity (Wildman–Crippen MR) is 53.5 cm³/mol. The van der Waals surface area contributed by atoms with E-state index in [2.05, 4.69) is 10.2 Å². The van der Waals surface area contributed by atoms with E-state index in [4.69, 9.17) is 10.9 Å². The van der Waals surface area contributed by atoms with Crippen molar-refractivity contribution in [2.45, 2.75) is 23.6 Å². The van der Waals surface area contributed by atoms with Crippen LogP contribution in [0.1, 0.15) is 24.3 Å². The number of carbonyl (C=O) groups excluding carboxylic acids is 1. The molecular weight excluding hydrogens is 240 g/mol. The van der Waals surface area contributed by atoms with Gasteiger partial charge in [0.15, 0.2) is 0 Å². The maximum Gasteiger partial charge on any atom is 0.267 e. The van der Waals surface area contributed by atoms with Crippen molar-refractivity contribution in [1.82, 2.24) is 10.2 Å². The van der Waals surface area contributed by atoms with Crippen LogP contribution in [-0.4, -0.2) is 24.5 Å². The number of aromatic nitrogens is 2. The number of nitrogens with two attached hydrogens (primary N) is 2. The Bertz CT molecular complexity index is 466. The second-order valence-corrected chi connectivity index (χ2v) is 5.56. The van der Waals surface area contributed by atoms with Gasteiger partial charge in [0, 0.05) is 0 Å². The fraction of sp³-hybridized carbons (Fsp3) is 0.500. The predicted octanol–water partition coefficient (Wildman–Crippen LogP) is -0.836. The first-order valence-corrected chi connectivity index (χ1v) is 6.38. The Morgan fingerprint density at radius 3 is 2.47 bits per heavy atom. The van der Waals surface area contributed by atoms with Gasteiger partial charge in [-0.2, -0.15) is 0 Å². The molecule has 0 radical (unpaired) electrons. The SMILES string of the molecule is CCC(C(N)=O)c1nnc(S(N)(=O)=O)s1. The summed E-state index contributed by atoms with van der Waals surface area (Å²) in [5.74, 6) is -1.17. The van der Waals surface area contributed by atoms with E-state index in [0.29, 0.717) is 6.42 Å². The molecule has 0 spiro atoms. The van der Waals surface area contributed by atoms with Crippen LogP contribution in [-0.2, 0) is 14.8 Å². The molecule has 15 heavy (non-hydrogen) atoms. The first-order valence-electron chi connectivity index (χ1n) is 4.01. The molecule has 1 amide bonds. The fourth-order valence-corrected chi connectivity index (χ4v) is 2.62. The standard InChI is InChI=1S/C6H10N4O3S2/c1-2-3(4(7)11)5-9-10-6(14-5)15(8,12)13/h3H,2H2,1H3,(H2,7,11)(H2,8,12,13). The third kappa shape index (κ3) is 2.70. The van der Waals surface area contributed by atoms with Gasteiger partial charge < -0.3 is 5.73 Å². The lowest BCUT2D eigenvalue weighted by Crippen LogP contribution is -2.20. The van der Waals surface area contributed by atoms with E-state index in [0.717, 1.165) is 11.3 Å². The number of primary sulfonamides is 1. The molecule has 7 nitrogen and oxygen atoms in total. The number of carbonyl (C=O) groups is 1. The summed E-state index contributed by atoms with van der Waals surface area (Å²) in [6, 6.07) is 0. The summed E-state index contributed by atoms with van der Waals surface area (Å²) >= 11 is 0.765. The molecule has 1 heterocycles. The molecule has 0 aliphatic rings. The van der Waals surface area contributed by atoms with Crippen molar-refractivity contribution in [3.05, 3.63) is 5.01 Å². The van der Waals surface area contributed by atoms with E-state index in [1.54, 1.807) is 6.92 Å². The number of nitrogens with zero attached hydrogens (tertiary/aromatic N) is 2. The molecule has 1 atom stereocenters. The van der Waals surface area contributed by atoms with Gasteiger partial charge >= 0.3 is 0 Å². The molecule has 0 saturated carbocycles. The highest BCUT2D eigenvalue weighted by molar-refractivity contribution is 7.91. The van der Waals surface area contributed by atoms with Crippen LogP contribution in [0.4, 0.5) is 0 Å². The average molecular weight is 250 g/mol. The van der Waals surface area contributed by atoms with Crippen molar-refractivity contribution in [3.63, 3.8) is 0 Å². The summed E-state index contributed by atoms with van der Waals surface area (Å²) < 4.78 is 21.5. The molecule has 4 N–H and O–H groups in total. The van der Waals surface area contributed by atoms with Gasteiger partial charge in [0.25, 0.3) is 10.0 Å². The molecule has 0 aromatic carbocycles. The summed E-state index contributed by atoms with van der Waals surface area (Å²) in [6.07, 6.45) is 0.439. The lowest BCUT2D eigenvalue weighted by atomic mass is 10.1. The number of amides is 1. The summed E-state index contributed by atoms with van der Waals surface area (Å²) in [5.41, 5.74) is 5.12. The summed E-state index contributed by atoms with van der Waals surface area (Å²) in [4.78, 5) is 11.0. The lowest BCUT2D eigenvalue weighted by molar-refractivity contribution is -0.119. The molecule has 1 unspecified atom stereocenters. The van der Waals surface area contributed by atoms with Gasteiger partial charge in [0.1, 0.15) is 5.01 Å². The molecule has 0 aliphatic heterocycles. The smallest absolute Gasteiger partial charge is 0.267 e. The van der Waals surface area contributed by atoms with Crippen molar-refractivity contribution in [1.29, 1.82) is 0 Å². The van der Waals surface area contributed by atoms with Gasteiger partial charge in [-0.25, -0.2) is 13.6 Å². The lowest BCUT2D eigenvalue weighted by Gasteiger charge is -2.04. The van der Waals surface area contributed by atoms with E-state index >= 15 is 0 Å². The highest BCUT2D eigenvalue weighted by atomic mass is 32.2. The molecule has 0 fully saturated rings. The number of rotatable bonds is 4. The van der Waals surface area contributed by atoms with Crippen molar-refractivity contribution in [3.8, 4) is 0 Å². The van der Waals surface area contributed by atoms with Gasteiger partial charge in [-0.1, -0.05) is 18.3 Å². The van der Waals surface area contributed by atoms with Gasteiger partial charge in [-0.05, 0) is 6.42 Å². The highest BCUT2D eigenvalue weighted by Gasteiger charge is 2.23. The Kier molecular flexibility index (Phi) is 3.37. The number of sulfonamides is 1. The van der Waals surface area contributed by atoms with Crippen LogP contribution >= 0.6 is 11.3 Å². The van der Waals surface area contributed by atoms with E-state index in [-0.39, 0.29) is 9.35 Å². The molecule has 84 valence electrons. The van der Waals surface area contributed by atoms with Crippen LogP contribution < -0.4 is 10.9 Å². The third-order valence-corrected chi connectivity index (χ3v) is 4.06. The Hall–Kier alpha value is -1.06. The zero-order valence-corrected chi connectivity index (χ0v) is 9.51. The van der Waals surface area contributed by atoms with Crippen molar-refractivity contribution < 1.29 is 13.2 Å². The second kappa shape index (κ2) is 4.21. The van der Waals surface area contributed by atoms with Gasteiger partial charge in [-0.3, -0.25) is 4.79 Å². The minimum Gasteiger partial charge on any atom is -0.369 e. The topological polar surface area (TPSA) is 129 Å². The van der Waals surface area contributed by atoms with Gasteiger partial charge in [0.2, 0.25) is 10.2 Å². The first kappa shape index (κ1) is 12.0. The van der Waals surface area contributed by atoms with Crippen LogP contribution in [0.2, 0.25) is 0 Å². The van der Waals surface area contributed by atoms with Crippen LogP contribution in [0.3, 0.4) is 0 Å². The normalized spacial score (nSPS) is 13.7.